The van der Waals surface area contributed by atoms with E-state index in [0.29, 0.717) is 11.3 Å². The van der Waals surface area contributed by atoms with Crippen LogP contribution < -0.4 is 10.6 Å². The van der Waals surface area contributed by atoms with Gasteiger partial charge in [0.25, 0.3) is 0 Å². The molecule has 2 amide bonds. The summed E-state index contributed by atoms with van der Waals surface area (Å²) in [4.78, 5) is 35.0. The van der Waals surface area contributed by atoms with Crippen LogP contribution in [-0.4, -0.2) is 47.3 Å². The first-order chi connectivity index (χ1) is 17.3. The molecule has 36 heavy (non-hydrogen) atoms. The second-order valence-electron chi connectivity index (χ2n) is 8.77. The third-order valence-electron chi connectivity index (χ3n) is 6.11. The van der Waals surface area contributed by atoms with Crippen LogP contribution in [0.3, 0.4) is 0 Å². The Balaban J connectivity index is 1.27. The number of hydrogen-bond donors (Lipinski definition) is 4. The summed E-state index contributed by atoms with van der Waals surface area (Å²) in [6.07, 6.45) is -3.44. The molecule has 0 radical (unpaired) electrons. The molecule has 0 aliphatic heterocycles. The predicted molar refractivity (Wildman–Crippen MR) is 134 cm³/mol. The number of hydrogen-bond acceptors (Lipinski definition) is 6. The van der Waals surface area contributed by atoms with Crippen molar-refractivity contribution in [3.05, 3.63) is 89.5 Å². The van der Waals surface area contributed by atoms with Crippen molar-refractivity contribution in [3.63, 3.8) is 0 Å². The van der Waals surface area contributed by atoms with Gasteiger partial charge in [0.15, 0.2) is 0 Å². The average molecular weight is 489 g/mol. The van der Waals surface area contributed by atoms with Gasteiger partial charge in [0.1, 0.15) is 24.6 Å². The molecule has 0 heterocycles. The van der Waals surface area contributed by atoms with E-state index in [-0.39, 0.29) is 31.3 Å². The fourth-order valence-corrected chi connectivity index (χ4v) is 4.37. The number of benzene rings is 3. The number of carbonyl (C=O) groups excluding carboxylic acids is 3. The molecule has 3 aromatic rings. The van der Waals surface area contributed by atoms with Gasteiger partial charge in [-0.2, -0.15) is 0 Å². The molecular weight excluding hydrogens is 460 g/mol. The van der Waals surface area contributed by atoms with E-state index >= 15 is 0 Å². The van der Waals surface area contributed by atoms with E-state index in [0.717, 1.165) is 22.3 Å². The van der Waals surface area contributed by atoms with E-state index in [1.54, 1.807) is 24.3 Å². The van der Waals surface area contributed by atoms with E-state index in [2.05, 4.69) is 22.8 Å². The molecule has 4 rings (SSSR count). The number of fused-ring (bicyclic) bond motifs is 3. The Labute approximate surface area is 208 Å². The van der Waals surface area contributed by atoms with Crippen molar-refractivity contribution >= 4 is 23.5 Å². The number of nitrogens with one attached hydrogen (secondary N) is 2. The van der Waals surface area contributed by atoms with Gasteiger partial charge in [-0.05, 0) is 46.9 Å². The van der Waals surface area contributed by atoms with Crippen LogP contribution in [0.4, 0.5) is 10.5 Å². The van der Waals surface area contributed by atoms with Crippen molar-refractivity contribution in [2.45, 2.75) is 31.5 Å². The van der Waals surface area contributed by atoms with Crippen LogP contribution in [0.15, 0.2) is 72.8 Å². The molecule has 3 aromatic carbocycles. The largest absolute Gasteiger partial charge is 0.449 e. The Morgan fingerprint density at radius 2 is 1.47 bits per heavy atom. The van der Waals surface area contributed by atoms with Crippen LogP contribution in [0.5, 0.6) is 0 Å². The highest BCUT2D eigenvalue weighted by atomic mass is 16.5. The number of amides is 2. The molecule has 0 saturated carbocycles. The second-order valence-corrected chi connectivity index (χ2v) is 8.77. The van der Waals surface area contributed by atoms with Crippen molar-refractivity contribution in [1.82, 2.24) is 5.32 Å². The van der Waals surface area contributed by atoms with E-state index < -0.39 is 24.2 Å². The number of Topliss-reactive ketones (excluding diaryl/α,β-unsaturated/α-hetero) is 1. The maximum atomic E-state index is 12.3. The van der Waals surface area contributed by atoms with Crippen molar-refractivity contribution in [1.29, 1.82) is 0 Å². The van der Waals surface area contributed by atoms with Crippen molar-refractivity contribution in [2.24, 2.45) is 0 Å². The van der Waals surface area contributed by atoms with Crippen LogP contribution in [0, 0.1) is 0 Å². The van der Waals surface area contributed by atoms with E-state index in [4.69, 9.17) is 4.74 Å². The van der Waals surface area contributed by atoms with Gasteiger partial charge in [0.2, 0.25) is 5.91 Å². The summed E-state index contributed by atoms with van der Waals surface area (Å²) in [7, 11) is 0. The number of ketones is 1. The highest BCUT2D eigenvalue weighted by molar-refractivity contribution is 6.03. The van der Waals surface area contributed by atoms with Gasteiger partial charge < -0.3 is 25.6 Å². The molecule has 8 nitrogen and oxygen atoms in total. The normalized spacial score (nSPS) is 13.8. The lowest BCUT2D eigenvalue weighted by molar-refractivity contribution is -0.124. The number of carbonyl (C=O) groups is 3. The lowest BCUT2D eigenvalue weighted by Gasteiger charge is -2.19. The zero-order chi connectivity index (χ0) is 25.7. The Bertz CT molecular complexity index is 1210. The first-order valence-electron chi connectivity index (χ1n) is 11.7. The first-order valence-corrected chi connectivity index (χ1v) is 11.7. The maximum absolute atomic E-state index is 12.3. The lowest BCUT2D eigenvalue weighted by atomic mass is 9.98. The summed E-state index contributed by atoms with van der Waals surface area (Å²) in [6, 6.07) is 22.3. The summed E-state index contributed by atoms with van der Waals surface area (Å²) in [5.74, 6) is -0.747. The Morgan fingerprint density at radius 3 is 2.06 bits per heavy atom. The molecule has 0 spiro atoms. The molecule has 1 aliphatic rings. The smallest absolute Gasteiger partial charge is 0.407 e. The van der Waals surface area contributed by atoms with Crippen LogP contribution in [0.25, 0.3) is 11.1 Å². The summed E-state index contributed by atoms with van der Waals surface area (Å²) in [6.45, 7) is 1.27. The molecule has 0 aromatic heterocycles. The SMILES string of the molecule is CC(=O)CC(=O)Nc1ccc(C(O)C(O)CNC(=O)OCC2c3ccccc3-c3ccccc32)cc1. The average Bonchev–Trinajstić information content (AvgIpc) is 3.19. The first kappa shape index (κ1) is 25.1. The second kappa shape index (κ2) is 11.2. The van der Waals surface area contributed by atoms with Crippen LogP contribution in [0.2, 0.25) is 0 Å². The van der Waals surface area contributed by atoms with Crippen LogP contribution in [0.1, 0.15) is 42.1 Å². The van der Waals surface area contributed by atoms with Gasteiger partial charge in [-0.3, -0.25) is 9.59 Å². The maximum Gasteiger partial charge on any atom is 0.407 e. The molecule has 0 bridgehead atoms. The number of anilines is 1. The topological polar surface area (TPSA) is 125 Å². The molecule has 0 fully saturated rings. The minimum absolute atomic E-state index is 0.0758. The molecule has 1 aliphatic carbocycles. The zero-order valence-electron chi connectivity index (χ0n) is 19.8. The molecule has 4 N–H and O–H groups in total. The molecule has 0 saturated heterocycles. The van der Waals surface area contributed by atoms with Gasteiger partial charge >= 0.3 is 6.09 Å². The number of ether oxygens (including phenoxy) is 1. The monoisotopic (exact) mass is 488 g/mol. The predicted octanol–water partition coefficient (Wildman–Crippen LogP) is 3.54. The Morgan fingerprint density at radius 1 is 0.889 bits per heavy atom. The summed E-state index contributed by atoms with van der Waals surface area (Å²) in [5, 5.41) is 25.9. The fraction of sp³-hybridized carbons (Fsp3) is 0.250. The number of aliphatic hydroxyl groups excluding tert-OH is 2. The standard InChI is InChI=1S/C28H28N2O6/c1-17(31)14-26(33)30-19-12-10-18(11-13-19)27(34)25(32)15-29-28(35)36-16-24-22-8-4-2-6-20(22)21-7-3-5-9-23(21)24/h2-13,24-25,27,32,34H,14-16H2,1H3,(H,29,35)(H,30,33). The zero-order valence-corrected chi connectivity index (χ0v) is 19.8. The van der Waals surface area contributed by atoms with Gasteiger partial charge in [0, 0.05) is 18.2 Å². The van der Waals surface area contributed by atoms with Gasteiger partial charge in [-0.15, -0.1) is 0 Å². The van der Waals surface area contributed by atoms with Crippen LogP contribution in [-0.2, 0) is 14.3 Å². The number of rotatable bonds is 9. The highest BCUT2D eigenvalue weighted by Gasteiger charge is 2.29. The van der Waals surface area contributed by atoms with Crippen LogP contribution >= 0.6 is 0 Å². The molecule has 2 atom stereocenters. The highest BCUT2D eigenvalue weighted by Crippen LogP contribution is 2.44. The van der Waals surface area contributed by atoms with Crippen molar-refractivity contribution in [2.75, 3.05) is 18.5 Å². The molecule has 8 heteroatoms. The van der Waals surface area contributed by atoms with Gasteiger partial charge in [-0.1, -0.05) is 60.7 Å². The quantitative estimate of drug-likeness (QED) is 0.342. The summed E-state index contributed by atoms with van der Waals surface area (Å²) in [5.41, 5.74) is 5.32. The third kappa shape index (κ3) is 5.79. The lowest BCUT2D eigenvalue weighted by Crippen LogP contribution is -2.36. The van der Waals surface area contributed by atoms with Gasteiger partial charge in [0.05, 0.1) is 6.42 Å². The third-order valence-corrected chi connectivity index (χ3v) is 6.11. The summed E-state index contributed by atoms with van der Waals surface area (Å²) < 4.78 is 5.45. The van der Waals surface area contributed by atoms with E-state index in [1.165, 1.54) is 6.92 Å². The number of alkyl carbamates (subject to hydrolysis) is 1. The number of aliphatic hydroxyl groups is 2. The molecule has 186 valence electrons. The Hall–Kier alpha value is -4.01. The van der Waals surface area contributed by atoms with E-state index in [1.807, 2.05) is 36.4 Å². The minimum atomic E-state index is -1.27. The Kier molecular flexibility index (Phi) is 7.77. The molecule has 2 unspecified atom stereocenters. The van der Waals surface area contributed by atoms with Crippen molar-refractivity contribution in [3.8, 4) is 11.1 Å². The van der Waals surface area contributed by atoms with Crippen molar-refractivity contribution < 1.29 is 29.3 Å². The summed E-state index contributed by atoms with van der Waals surface area (Å²) >= 11 is 0. The van der Waals surface area contributed by atoms with Gasteiger partial charge in [-0.25, -0.2) is 4.79 Å². The fourth-order valence-electron chi connectivity index (χ4n) is 4.37. The van der Waals surface area contributed by atoms with E-state index in [9.17, 15) is 24.6 Å². The molecular formula is C28H28N2O6. The minimum Gasteiger partial charge on any atom is -0.449 e.